The Morgan fingerprint density at radius 1 is 1.21 bits per heavy atom. The summed E-state index contributed by atoms with van der Waals surface area (Å²) in [6.45, 7) is 6.10. The number of hydrogen-bond acceptors (Lipinski definition) is 6. The molecule has 0 bridgehead atoms. The highest BCUT2D eigenvalue weighted by Gasteiger charge is 2.20. The SMILES string of the molecule is Cc1nc(CNC(=O)c2ccc3nnc(C(O)C(C)C)n3c2)nc2c1CCCC2. The highest BCUT2D eigenvalue weighted by molar-refractivity contribution is 5.94. The van der Waals surface area contributed by atoms with E-state index in [1.54, 1.807) is 22.7 Å². The fourth-order valence-corrected chi connectivity index (χ4v) is 3.73. The Balaban J connectivity index is 1.52. The smallest absolute Gasteiger partial charge is 0.253 e. The first-order valence-corrected chi connectivity index (χ1v) is 10.1. The Morgan fingerprint density at radius 2 is 2.00 bits per heavy atom. The predicted molar refractivity (Wildman–Crippen MR) is 107 cm³/mol. The lowest BCUT2D eigenvalue weighted by Crippen LogP contribution is -2.25. The Hall–Kier alpha value is -2.87. The third kappa shape index (κ3) is 3.85. The van der Waals surface area contributed by atoms with Gasteiger partial charge in [-0.15, -0.1) is 10.2 Å². The monoisotopic (exact) mass is 394 g/mol. The van der Waals surface area contributed by atoms with Crippen molar-refractivity contribution in [2.75, 3.05) is 0 Å². The molecule has 8 nitrogen and oxygen atoms in total. The van der Waals surface area contributed by atoms with Gasteiger partial charge in [0.25, 0.3) is 5.91 Å². The normalized spacial score (nSPS) is 14.8. The molecule has 1 amide bonds. The van der Waals surface area contributed by atoms with E-state index in [2.05, 4.69) is 25.5 Å². The topological polar surface area (TPSA) is 105 Å². The summed E-state index contributed by atoms with van der Waals surface area (Å²) in [5, 5.41) is 21.4. The first kappa shape index (κ1) is 19.4. The lowest BCUT2D eigenvalue weighted by Gasteiger charge is -2.17. The van der Waals surface area contributed by atoms with Crippen molar-refractivity contribution in [2.45, 2.75) is 59.1 Å². The molecule has 0 spiro atoms. The Labute approximate surface area is 169 Å². The van der Waals surface area contributed by atoms with Gasteiger partial charge in [0.15, 0.2) is 11.5 Å². The second-order valence-electron chi connectivity index (χ2n) is 7.93. The summed E-state index contributed by atoms with van der Waals surface area (Å²) >= 11 is 0. The van der Waals surface area contributed by atoms with E-state index in [-0.39, 0.29) is 18.4 Å². The van der Waals surface area contributed by atoms with E-state index in [1.807, 2.05) is 20.8 Å². The number of aryl methyl sites for hydroxylation is 2. The number of rotatable bonds is 5. The number of pyridine rings is 1. The fraction of sp³-hybridized carbons (Fsp3) is 0.476. The van der Waals surface area contributed by atoms with Crippen LogP contribution >= 0.6 is 0 Å². The number of hydrogen-bond donors (Lipinski definition) is 2. The molecule has 3 aromatic rings. The van der Waals surface area contributed by atoms with Crippen LogP contribution in [0.3, 0.4) is 0 Å². The number of nitrogens with zero attached hydrogens (tertiary/aromatic N) is 5. The van der Waals surface area contributed by atoms with Crippen molar-refractivity contribution >= 4 is 11.6 Å². The molecule has 4 rings (SSSR count). The number of nitrogens with one attached hydrogen (secondary N) is 1. The van der Waals surface area contributed by atoms with E-state index in [0.29, 0.717) is 22.9 Å². The Bertz CT molecular complexity index is 1060. The van der Waals surface area contributed by atoms with Gasteiger partial charge in [0.1, 0.15) is 11.9 Å². The van der Waals surface area contributed by atoms with Gasteiger partial charge in [-0.3, -0.25) is 9.20 Å². The van der Waals surface area contributed by atoms with Crippen molar-refractivity contribution in [3.05, 3.63) is 52.5 Å². The summed E-state index contributed by atoms with van der Waals surface area (Å²) in [6, 6.07) is 3.42. The predicted octanol–water partition coefficient (Wildman–Crippen LogP) is 2.33. The van der Waals surface area contributed by atoms with Gasteiger partial charge in [0, 0.05) is 17.6 Å². The molecule has 152 valence electrons. The molecule has 1 aliphatic rings. The van der Waals surface area contributed by atoms with Crippen LogP contribution < -0.4 is 5.32 Å². The molecule has 2 N–H and O–H groups in total. The molecule has 1 aliphatic carbocycles. The van der Waals surface area contributed by atoms with Gasteiger partial charge in [-0.1, -0.05) is 13.8 Å². The fourth-order valence-electron chi connectivity index (χ4n) is 3.73. The number of amides is 1. The van der Waals surface area contributed by atoms with Crippen LogP contribution in [0, 0.1) is 12.8 Å². The van der Waals surface area contributed by atoms with Crippen LogP contribution in [0.15, 0.2) is 18.3 Å². The molecule has 0 radical (unpaired) electrons. The maximum absolute atomic E-state index is 12.7. The molecule has 3 heterocycles. The van der Waals surface area contributed by atoms with Crippen LogP contribution in [-0.2, 0) is 19.4 Å². The average Bonchev–Trinajstić information content (AvgIpc) is 3.14. The largest absolute Gasteiger partial charge is 0.385 e. The molecule has 3 aromatic heterocycles. The quantitative estimate of drug-likeness (QED) is 0.688. The number of carbonyl (C=O) groups is 1. The molecule has 0 aromatic carbocycles. The van der Waals surface area contributed by atoms with Crippen LogP contribution in [0.4, 0.5) is 0 Å². The van der Waals surface area contributed by atoms with Crippen LogP contribution in [-0.4, -0.2) is 35.6 Å². The van der Waals surface area contributed by atoms with E-state index in [9.17, 15) is 9.90 Å². The minimum Gasteiger partial charge on any atom is -0.385 e. The summed E-state index contributed by atoms with van der Waals surface area (Å²) in [7, 11) is 0. The molecular formula is C21H26N6O2. The van der Waals surface area contributed by atoms with Gasteiger partial charge in [-0.2, -0.15) is 0 Å². The van der Waals surface area contributed by atoms with Gasteiger partial charge < -0.3 is 10.4 Å². The van der Waals surface area contributed by atoms with Gasteiger partial charge in [-0.25, -0.2) is 9.97 Å². The van der Waals surface area contributed by atoms with Crippen molar-refractivity contribution < 1.29 is 9.90 Å². The standard InChI is InChI=1S/C21H26N6O2/c1-12(2)19(28)20-26-25-18-9-8-14(11-27(18)20)21(29)22-10-17-23-13(3)15-6-4-5-7-16(15)24-17/h8-9,11-12,19,28H,4-7,10H2,1-3H3,(H,22,29). The molecule has 1 atom stereocenters. The van der Waals surface area contributed by atoms with Gasteiger partial charge >= 0.3 is 0 Å². The van der Waals surface area contributed by atoms with Gasteiger partial charge in [0.2, 0.25) is 0 Å². The number of aliphatic hydroxyl groups excluding tert-OH is 1. The first-order chi connectivity index (χ1) is 13.9. The zero-order valence-electron chi connectivity index (χ0n) is 17.0. The second kappa shape index (κ2) is 7.87. The summed E-state index contributed by atoms with van der Waals surface area (Å²) in [5.74, 6) is 0.824. The van der Waals surface area contributed by atoms with Crippen molar-refractivity contribution in [3.63, 3.8) is 0 Å². The summed E-state index contributed by atoms with van der Waals surface area (Å²) < 4.78 is 1.67. The van der Waals surface area contributed by atoms with E-state index in [1.165, 1.54) is 12.0 Å². The summed E-state index contributed by atoms with van der Waals surface area (Å²) in [5.41, 5.74) is 4.44. The summed E-state index contributed by atoms with van der Waals surface area (Å²) in [4.78, 5) is 21.9. The maximum Gasteiger partial charge on any atom is 0.253 e. The second-order valence-corrected chi connectivity index (χ2v) is 7.93. The number of aromatic nitrogens is 5. The molecule has 0 aliphatic heterocycles. The molecule has 0 saturated heterocycles. The number of fused-ring (bicyclic) bond motifs is 2. The molecule has 29 heavy (non-hydrogen) atoms. The van der Waals surface area contributed by atoms with Crippen molar-refractivity contribution in [1.82, 2.24) is 29.9 Å². The summed E-state index contributed by atoms with van der Waals surface area (Å²) in [6.07, 6.45) is 5.26. The zero-order chi connectivity index (χ0) is 20.5. The van der Waals surface area contributed by atoms with Crippen LogP contribution in [0.2, 0.25) is 0 Å². The van der Waals surface area contributed by atoms with Crippen molar-refractivity contribution in [3.8, 4) is 0 Å². The van der Waals surface area contributed by atoms with Crippen LogP contribution in [0.1, 0.15) is 71.8 Å². The third-order valence-electron chi connectivity index (χ3n) is 5.43. The maximum atomic E-state index is 12.7. The number of aliphatic hydroxyl groups is 1. The van der Waals surface area contributed by atoms with Gasteiger partial charge in [0.05, 0.1) is 12.1 Å². The van der Waals surface area contributed by atoms with Crippen LogP contribution in [0.25, 0.3) is 5.65 Å². The molecule has 1 unspecified atom stereocenters. The average molecular weight is 394 g/mol. The molecular weight excluding hydrogens is 368 g/mol. The third-order valence-corrected chi connectivity index (χ3v) is 5.43. The molecule has 0 fully saturated rings. The lowest BCUT2D eigenvalue weighted by molar-refractivity contribution is 0.0948. The Morgan fingerprint density at radius 3 is 2.79 bits per heavy atom. The minimum atomic E-state index is -0.754. The van der Waals surface area contributed by atoms with E-state index in [4.69, 9.17) is 0 Å². The van der Waals surface area contributed by atoms with Crippen molar-refractivity contribution in [2.24, 2.45) is 5.92 Å². The highest BCUT2D eigenvalue weighted by Crippen LogP contribution is 2.22. The van der Waals surface area contributed by atoms with Crippen molar-refractivity contribution in [1.29, 1.82) is 0 Å². The number of carbonyl (C=O) groups excluding carboxylic acids is 1. The molecule has 0 saturated carbocycles. The van der Waals surface area contributed by atoms with E-state index < -0.39 is 6.10 Å². The Kier molecular flexibility index (Phi) is 5.27. The zero-order valence-corrected chi connectivity index (χ0v) is 17.0. The minimum absolute atomic E-state index is 0.00993. The van der Waals surface area contributed by atoms with E-state index in [0.717, 1.165) is 30.7 Å². The lowest BCUT2D eigenvalue weighted by atomic mass is 9.95. The van der Waals surface area contributed by atoms with E-state index >= 15 is 0 Å². The molecule has 8 heteroatoms. The van der Waals surface area contributed by atoms with Crippen LogP contribution in [0.5, 0.6) is 0 Å². The first-order valence-electron chi connectivity index (χ1n) is 10.1. The highest BCUT2D eigenvalue weighted by atomic mass is 16.3. The van der Waals surface area contributed by atoms with Gasteiger partial charge in [-0.05, 0) is 56.2 Å².